The molecule has 0 aliphatic rings. The van der Waals surface area contributed by atoms with Crippen LogP contribution in [0.2, 0.25) is 0 Å². The summed E-state index contributed by atoms with van der Waals surface area (Å²) in [7, 11) is -1.96. The smallest absolute Gasteiger partial charge is 0.317 e. The fraction of sp³-hybridized carbons (Fsp3) is 0.250. The number of benzene rings is 1. The number of urea groups is 1. The van der Waals surface area contributed by atoms with Crippen LogP contribution in [0.4, 0.5) is 4.79 Å². The molecule has 0 atom stereocenters. The van der Waals surface area contributed by atoms with Crippen LogP contribution in [-0.4, -0.2) is 37.9 Å². The minimum Gasteiger partial charge on any atom is -0.338 e. The van der Waals surface area contributed by atoms with Crippen LogP contribution in [0, 0.1) is 0 Å². The number of aromatic nitrogens is 1. The Bertz CT molecular complexity index is 777. The highest BCUT2D eigenvalue weighted by Crippen LogP contribution is 2.09. The number of nitrogens with two attached hydrogens (primary N) is 1. The molecule has 128 valence electrons. The zero-order valence-corrected chi connectivity index (χ0v) is 14.2. The van der Waals surface area contributed by atoms with Crippen LogP contribution in [0.5, 0.6) is 0 Å². The van der Waals surface area contributed by atoms with Gasteiger partial charge in [-0.15, -0.1) is 0 Å². The van der Waals surface area contributed by atoms with Crippen LogP contribution in [0.3, 0.4) is 0 Å². The molecular weight excluding hydrogens is 328 g/mol. The van der Waals surface area contributed by atoms with Gasteiger partial charge in [0.1, 0.15) is 0 Å². The Morgan fingerprint density at radius 1 is 1.12 bits per heavy atom. The van der Waals surface area contributed by atoms with Crippen LogP contribution < -0.4 is 10.5 Å². The Kier molecular flexibility index (Phi) is 5.88. The standard InChI is InChI=1S/C16H20N4O3S/c1-20(12-14-6-9-18-10-7-14)16(21)19-11-8-13-2-4-15(5-3-13)24(17,22)23/h2-7,9-10H,8,11-12H2,1H3,(H,19,21)(H2,17,22,23). The maximum absolute atomic E-state index is 12.0. The summed E-state index contributed by atoms with van der Waals surface area (Å²) in [5, 5.41) is 7.87. The second-order valence-electron chi connectivity index (χ2n) is 5.38. The lowest BCUT2D eigenvalue weighted by atomic mass is 10.1. The van der Waals surface area contributed by atoms with E-state index in [1.54, 1.807) is 36.5 Å². The van der Waals surface area contributed by atoms with Crippen molar-refractivity contribution in [3.8, 4) is 0 Å². The molecular formula is C16H20N4O3S. The van der Waals surface area contributed by atoms with Gasteiger partial charge in [-0.25, -0.2) is 18.4 Å². The highest BCUT2D eigenvalue weighted by molar-refractivity contribution is 7.89. The quantitative estimate of drug-likeness (QED) is 0.816. The second-order valence-corrected chi connectivity index (χ2v) is 6.94. The van der Waals surface area contributed by atoms with E-state index in [-0.39, 0.29) is 10.9 Å². The molecule has 0 saturated carbocycles. The summed E-state index contributed by atoms with van der Waals surface area (Å²) in [5.41, 5.74) is 1.92. The van der Waals surface area contributed by atoms with Gasteiger partial charge in [-0.2, -0.15) is 0 Å². The average molecular weight is 348 g/mol. The van der Waals surface area contributed by atoms with Gasteiger partial charge >= 0.3 is 6.03 Å². The molecule has 0 radical (unpaired) electrons. The number of nitrogens with one attached hydrogen (secondary N) is 1. The summed E-state index contributed by atoms with van der Waals surface area (Å²) in [5.74, 6) is 0. The third kappa shape index (κ3) is 5.32. The third-order valence-electron chi connectivity index (χ3n) is 3.46. The topological polar surface area (TPSA) is 105 Å². The van der Waals surface area contributed by atoms with E-state index in [0.717, 1.165) is 11.1 Å². The van der Waals surface area contributed by atoms with E-state index < -0.39 is 10.0 Å². The van der Waals surface area contributed by atoms with Gasteiger partial charge in [0, 0.05) is 32.5 Å². The van der Waals surface area contributed by atoms with E-state index in [9.17, 15) is 13.2 Å². The molecule has 2 aromatic rings. The molecule has 8 heteroatoms. The number of pyridine rings is 1. The van der Waals surface area contributed by atoms with Crippen molar-refractivity contribution < 1.29 is 13.2 Å². The third-order valence-corrected chi connectivity index (χ3v) is 4.39. The van der Waals surface area contributed by atoms with E-state index in [1.165, 1.54) is 12.1 Å². The molecule has 0 unspecified atom stereocenters. The fourth-order valence-corrected chi connectivity index (χ4v) is 2.64. The largest absolute Gasteiger partial charge is 0.338 e. The maximum atomic E-state index is 12.0. The Labute approximate surface area is 141 Å². The minimum absolute atomic E-state index is 0.0763. The first-order chi connectivity index (χ1) is 11.4. The molecule has 0 bridgehead atoms. The SMILES string of the molecule is CN(Cc1ccncc1)C(=O)NCCc1ccc(S(N)(=O)=O)cc1. The Morgan fingerprint density at radius 2 is 1.75 bits per heavy atom. The molecule has 1 heterocycles. The number of rotatable bonds is 6. The molecule has 7 nitrogen and oxygen atoms in total. The van der Waals surface area contributed by atoms with Crippen molar-refractivity contribution in [3.05, 3.63) is 59.9 Å². The highest BCUT2D eigenvalue weighted by atomic mass is 32.2. The molecule has 2 rings (SSSR count). The summed E-state index contributed by atoms with van der Waals surface area (Å²) in [4.78, 5) is 17.6. The maximum Gasteiger partial charge on any atom is 0.317 e. The molecule has 0 aliphatic carbocycles. The lowest BCUT2D eigenvalue weighted by Crippen LogP contribution is -2.37. The van der Waals surface area contributed by atoms with E-state index in [1.807, 2.05) is 12.1 Å². The van der Waals surface area contributed by atoms with Crippen molar-refractivity contribution >= 4 is 16.1 Å². The van der Waals surface area contributed by atoms with Crippen molar-refractivity contribution in [1.82, 2.24) is 15.2 Å². The van der Waals surface area contributed by atoms with Crippen LogP contribution in [0.15, 0.2) is 53.7 Å². The molecule has 1 aromatic heterocycles. The average Bonchev–Trinajstić information content (AvgIpc) is 2.55. The number of hydrogen-bond donors (Lipinski definition) is 2. The number of amides is 2. The van der Waals surface area contributed by atoms with E-state index >= 15 is 0 Å². The van der Waals surface area contributed by atoms with Gasteiger partial charge in [0.15, 0.2) is 0 Å². The number of hydrogen-bond acceptors (Lipinski definition) is 4. The molecule has 0 fully saturated rings. The zero-order chi connectivity index (χ0) is 17.6. The van der Waals surface area contributed by atoms with Gasteiger partial charge in [0.05, 0.1) is 4.90 Å². The summed E-state index contributed by atoms with van der Waals surface area (Å²) >= 11 is 0. The van der Waals surface area contributed by atoms with Crippen molar-refractivity contribution in [2.75, 3.05) is 13.6 Å². The van der Waals surface area contributed by atoms with Crippen molar-refractivity contribution in [2.24, 2.45) is 5.14 Å². The first-order valence-electron chi connectivity index (χ1n) is 7.36. The van der Waals surface area contributed by atoms with Crippen molar-refractivity contribution in [1.29, 1.82) is 0 Å². The molecule has 3 N–H and O–H groups in total. The Balaban J connectivity index is 1.80. The number of carbonyl (C=O) groups excluding carboxylic acids is 1. The van der Waals surface area contributed by atoms with Gasteiger partial charge < -0.3 is 10.2 Å². The molecule has 24 heavy (non-hydrogen) atoms. The molecule has 0 spiro atoms. The number of nitrogens with zero attached hydrogens (tertiary/aromatic N) is 2. The first-order valence-corrected chi connectivity index (χ1v) is 8.90. The Hall–Kier alpha value is -2.45. The number of carbonyl (C=O) groups is 1. The van der Waals surface area contributed by atoms with Gasteiger partial charge in [-0.3, -0.25) is 4.98 Å². The fourth-order valence-electron chi connectivity index (χ4n) is 2.13. The lowest BCUT2D eigenvalue weighted by molar-refractivity contribution is 0.207. The molecule has 0 aliphatic heterocycles. The normalized spacial score (nSPS) is 11.1. The predicted molar refractivity (Wildman–Crippen MR) is 90.6 cm³/mol. The minimum atomic E-state index is -3.68. The Morgan fingerprint density at radius 3 is 2.33 bits per heavy atom. The van der Waals surface area contributed by atoms with E-state index in [2.05, 4.69) is 10.3 Å². The van der Waals surface area contributed by atoms with Crippen LogP contribution in [0.25, 0.3) is 0 Å². The summed E-state index contributed by atoms with van der Waals surface area (Å²) in [6, 6.07) is 9.84. The van der Waals surface area contributed by atoms with E-state index in [0.29, 0.717) is 19.5 Å². The summed E-state index contributed by atoms with van der Waals surface area (Å²) in [6.07, 6.45) is 3.97. The predicted octanol–water partition coefficient (Wildman–Crippen LogP) is 1.11. The summed E-state index contributed by atoms with van der Waals surface area (Å²) in [6.45, 7) is 0.950. The molecule has 0 saturated heterocycles. The molecule has 2 amide bonds. The molecule has 1 aromatic carbocycles. The van der Waals surface area contributed by atoms with Gasteiger partial charge in [-0.1, -0.05) is 12.1 Å². The van der Waals surface area contributed by atoms with E-state index in [4.69, 9.17) is 5.14 Å². The van der Waals surface area contributed by atoms with Gasteiger partial charge in [-0.05, 0) is 41.8 Å². The second kappa shape index (κ2) is 7.89. The van der Waals surface area contributed by atoms with Gasteiger partial charge in [0.25, 0.3) is 0 Å². The van der Waals surface area contributed by atoms with Crippen LogP contribution in [0.1, 0.15) is 11.1 Å². The first kappa shape index (κ1) is 17.9. The zero-order valence-electron chi connectivity index (χ0n) is 13.3. The van der Waals surface area contributed by atoms with Gasteiger partial charge in [0.2, 0.25) is 10.0 Å². The summed E-state index contributed by atoms with van der Waals surface area (Å²) < 4.78 is 22.4. The van der Waals surface area contributed by atoms with Crippen LogP contribution >= 0.6 is 0 Å². The monoisotopic (exact) mass is 348 g/mol. The highest BCUT2D eigenvalue weighted by Gasteiger charge is 2.09. The van der Waals surface area contributed by atoms with Crippen LogP contribution in [-0.2, 0) is 23.0 Å². The van der Waals surface area contributed by atoms with Crippen molar-refractivity contribution in [3.63, 3.8) is 0 Å². The van der Waals surface area contributed by atoms with Crippen molar-refractivity contribution in [2.45, 2.75) is 17.9 Å². The number of primary sulfonamides is 1. The number of sulfonamides is 1. The lowest BCUT2D eigenvalue weighted by Gasteiger charge is -2.18.